The van der Waals surface area contributed by atoms with Crippen molar-refractivity contribution in [3.8, 4) is 0 Å². The number of hydrogen-bond donors (Lipinski definition) is 1. The van der Waals surface area contributed by atoms with Crippen molar-refractivity contribution in [2.75, 3.05) is 19.4 Å². The fourth-order valence-corrected chi connectivity index (χ4v) is 3.06. The van der Waals surface area contributed by atoms with E-state index in [1.165, 1.54) is 6.07 Å². The number of aryl methyl sites for hydroxylation is 1. The summed E-state index contributed by atoms with van der Waals surface area (Å²) in [5, 5.41) is 15.8. The third-order valence-electron chi connectivity index (χ3n) is 3.41. The van der Waals surface area contributed by atoms with Gasteiger partial charge in [0.15, 0.2) is 0 Å². The van der Waals surface area contributed by atoms with E-state index in [1.807, 2.05) is 18.4 Å². The van der Waals surface area contributed by atoms with E-state index in [0.717, 1.165) is 10.4 Å². The van der Waals surface area contributed by atoms with E-state index in [-0.39, 0.29) is 11.6 Å². The Morgan fingerprint density at radius 1 is 1.41 bits per heavy atom. The van der Waals surface area contributed by atoms with Gasteiger partial charge >= 0.3 is 0 Å². The van der Waals surface area contributed by atoms with Crippen molar-refractivity contribution in [3.63, 3.8) is 0 Å². The van der Waals surface area contributed by atoms with Gasteiger partial charge in [-0.15, -0.1) is 11.3 Å². The summed E-state index contributed by atoms with van der Waals surface area (Å²) < 4.78 is 0. The van der Waals surface area contributed by atoms with Gasteiger partial charge in [0.2, 0.25) is 0 Å². The summed E-state index contributed by atoms with van der Waals surface area (Å²) in [6.45, 7) is 2.49. The number of thiophene rings is 1. The van der Waals surface area contributed by atoms with Gasteiger partial charge in [0, 0.05) is 30.6 Å². The molecule has 1 heterocycles. The van der Waals surface area contributed by atoms with Crippen LogP contribution in [0.15, 0.2) is 29.6 Å². The van der Waals surface area contributed by atoms with Crippen LogP contribution >= 0.6 is 11.3 Å². The van der Waals surface area contributed by atoms with Crippen LogP contribution in [0.4, 0.5) is 11.4 Å². The number of nitro groups is 1. The molecule has 0 saturated heterocycles. The third-order valence-corrected chi connectivity index (χ3v) is 4.41. The molecule has 116 valence electrons. The molecule has 6 nitrogen and oxygen atoms in total. The van der Waals surface area contributed by atoms with Crippen LogP contribution < -0.4 is 5.32 Å². The van der Waals surface area contributed by atoms with E-state index < -0.39 is 4.92 Å². The fraction of sp³-hybridized carbons (Fsp3) is 0.267. The van der Waals surface area contributed by atoms with Crippen molar-refractivity contribution < 1.29 is 9.72 Å². The number of nitrogens with zero attached hydrogens (tertiary/aromatic N) is 2. The minimum absolute atomic E-state index is 0.103. The molecule has 0 fully saturated rings. The second-order valence-corrected chi connectivity index (χ2v) is 5.93. The molecule has 1 N–H and O–H groups in total. The zero-order valence-corrected chi connectivity index (χ0v) is 13.4. The third kappa shape index (κ3) is 3.25. The zero-order chi connectivity index (χ0) is 16.3. The van der Waals surface area contributed by atoms with Crippen LogP contribution in [0, 0.1) is 17.0 Å². The Bertz CT molecular complexity index is 712. The van der Waals surface area contributed by atoms with Crippen LogP contribution in [0.1, 0.15) is 20.8 Å². The summed E-state index contributed by atoms with van der Waals surface area (Å²) in [5.41, 5.74) is 1.73. The smallest absolute Gasteiger partial charge is 0.293 e. The summed E-state index contributed by atoms with van der Waals surface area (Å²) in [6, 6.07) is 6.46. The molecule has 1 amide bonds. The highest BCUT2D eigenvalue weighted by atomic mass is 32.1. The first-order valence-corrected chi connectivity index (χ1v) is 7.56. The number of hydrogen-bond acceptors (Lipinski definition) is 5. The van der Waals surface area contributed by atoms with Gasteiger partial charge in [0.05, 0.1) is 11.5 Å². The Morgan fingerprint density at radius 3 is 2.68 bits per heavy atom. The maximum Gasteiger partial charge on any atom is 0.293 e. The molecule has 0 aliphatic carbocycles. The molecule has 2 rings (SSSR count). The number of nitro benzene ring substituents is 1. The maximum absolute atomic E-state index is 12.4. The van der Waals surface area contributed by atoms with Gasteiger partial charge in [0.25, 0.3) is 11.6 Å². The molecule has 0 radical (unpaired) electrons. The van der Waals surface area contributed by atoms with Gasteiger partial charge in [-0.25, -0.2) is 0 Å². The lowest BCUT2D eigenvalue weighted by atomic mass is 10.1. The van der Waals surface area contributed by atoms with Crippen molar-refractivity contribution in [2.24, 2.45) is 0 Å². The number of anilines is 1. The van der Waals surface area contributed by atoms with Crippen LogP contribution in [-0.2, 0) is 6.54 Å². The van der Waals surface area contributed by atoms with Crippen molar-refractivity contribution in [3.05, 3.63) is 55.8 Å². The molecule has 2 aromatic rings. The average Bonchev–Trinajstić information content (AvgIpc) is 2.90. The Morgan fingerprint density at radius 2 is 2.14 bits per heavy atom. The number of benzene rings is 1. The summed E-state index contributed by atoms with van der Waals surface area (Å²) in [5.74, 6) is -0.237. The summed E-state index contributed by atoms with van der Waals surface area (Å²) in [7, 11) is 3.30. The molecule has 7 heteroatoms. The predicted octanol–water partition coefficient (Wildman–Crippen LogP) is 3.28. The first kappa shape index (κ1) is 16.0. The van der Waals surface area contributed by atoms with Gasteiger partial charge in [-0.3, -0.25) is 14.9 Å². The Balaban J connectivity index is 2.23. The number of rotatable bonds is 5. The molecule has 0 aliphatic rings. The van der Waals surface area contributed by atoms with Gasteiger partial charge < -0.3 is 10.2 Å². The highest BCUT2D eigenvalue weighted by Gasteiger charge is 2.19. The van der Waals surface area contributed by atoms with Gasteiger partial charge in [0.1, 0.15) is 5.69 Å². The SMILES string of the molecule is CNc1ccc(C(=O)N(C)Cc2sccc2C)cc1[N+](=O)[O-]. The van der Waals surface area contributed by atoms with Crippen molar-refractivity contribution in [1.82, 2.24) is 4.90 Å². The highest BCUT2D eigenvalue weighted by molar-refractivity contribution is 7.10. The summed E-state index contributed by atoms with van der Waals surface area (Å²) >= 11 is 1.59. The Labute approximate surface area is 132 Å². The molecule has 0 atom stereocenters. The van der Waals surface area contributed by atoms with Crippen LogP contribution in [0.5, 0.6) is 0 Å². The lowest BCUT2D eigenvalue weighted by Gasteiger charge is -2.17. The lowest BCUT2D eigenvalue weighted by molar-refractivity contribution is -0.384. The van der Waals surface area contributed by atoms with E-state index in [1.54, 1.807) is 42.5 Å². The molecule has 0 unspecified atom stereocenters. The quantitative estimate of drug-likeness (QED) is 0.678. The lowest BCUT2D eigenvalue weighted by Crippen LogP contribution is -2.26. The molecular formula is C15H17N3O3S. The van der Waals surface area contributed by atoms with Gasteiger partial charge in [-0.1, -0.05) is 0 Å². The Hall–Kier alpha value is -2.41. The second-order valence-electron chi connectivity index (χ2n) is 4.93. The molecular weight excluding hydrogens is 302 g/mol. The fourth-order valence-electron chi connectivity index (χ4n) is 2.10. The van der Waals surface area contributed by atoms with E-state index >= 15 is 0 Å². The van der Waals surface area contributed by atoms with Crippen LogP contribution in [0.3, 0.4) is 0 Å². The predicted molar refractivity (Wildman–Crippen MR) is 87.5 cm³/mol. The highest BCUT2D eigenvalue weighted by Crippen LogP contribution is 2.26. The van der Waals surface area contributed by atoms with Crippen molar-refractivity contribution in [2.45, 2.75) is 13.5 Å². The summed E-state index contributed by atoms with van der Waals surface area (Å²) in [6.07, 6.45) is 0. The maximum atomic E-state index is 12.4. The minimum Gasteiger partial charge on any atom is -0.383 e. The number of carbonyl (C=O) groups excluding carboxylic acids is 1. The first-order chi connectivity index (χ1) is 10.4. The molecule has 0 aliphatic heterocycles. The largest absolute Gasteiger partial charge is 0.383 e. The molecule has 0 bridgehead atoms. The van der Waals surface area contributed by atoms with Crippen LogP contribution in [0.25, 0.3) is 0 Å². The first-order valence-electron chi connectivity index (χ1n) is 6.68. The number of nitrogens with one attached hydrogen (secondary N) is 1. The molecule has 1 aromatic carbocycles. The number of amides is 1. The van der Waals surface area contributed by atoms with Crippen LogP contribution in [-0.4, -0.2) is 29.8 Å². The Kier molecular flexibility index (Phi) is 4.77. The second kappa shape index (κ2) is 6.57. The van der Waals surface area contributed by atoms with Crippen molar-refractivity contribution >= 4 is 28.6 Å². The van der Waals surface area contributed by atoms with E-state index in [0.29, 0.717) is 17.8 Å². The monoisotopic (exact) mass is 319 g/mol. The molecule has 1 aromatic heterocycles. The summed E-state index contributed by atoms with van der Waals surface area (Å²) in [4.78, 5) is 25.7. The van der Waals surface area contributed by atoms with Crippen LogP contribution in [0.2, 0.25) is 0 Å². The number of carbonyl (C=O) groups is 1. The minimum atomic E-state index is -0.494. The standard InChI is InChI=1S/C15H17N3O3S/c1-10-6-7-22-14(10)9-17(3)15(19)11-4-5-12(16-2)13(8-11)18(20)21/h4-8,16H,9H2,1-3H3. The van der Waals surface area contributed by atoms with Gasteiger partial charge in [-0.2, -0.15) is 0 Å². The van der Waals surface area contributed by atoms with Gasteiger partial charge in [-0.05, 0) is 36.1 Å². The zero-order valence-electron chi connectivity index (χ0n) is 12.6. The molecule has 0 spiro atoms. The topological polar surface area (TPSA) is 75.5 Å². The van der Waals surface area contributed by atoms with Crippen molar-refractivity contribution in [1.29, 1.82) is 0 Å². The molecule has 22 heavy (non-hydrogen) atoms. The van der Waals surface area contributed by atoms with E-state index in [4.69, 9.17) is 0 Å². The average molecular weight is 319 g/mol. The van der Waals surface area contributed by atoms with E-state index in [2.05, 4.69) is 5.32 Å². The molecule has 0 saturated carbocycles. The normalized spacial score (nSPS) is 10.3. The van der Waals surface area contributed by atoms with E-state index in [9.17, 15) is 14.9 Å².